The molecule has 0 aliphatic carbocycles. The number of rotatable bonds is 2. The van der Waals surface area contributed by atoms with Gasteiger partial charge in [-0.1, -0.05) is 25.5 Å². The van der Waals surface area contributed by atoms with Crippen molar-refractivity contribution in [1.82, 2.24) is 4.90 Å². The van der Waals surface area contributed by atoms with Gasteiger partial charge in [-0.3, -0.25) is 4.90 Å². The maximum Gasteiger partial charge on any atom is 0.0317 e. The molecule has 2 rings (SSSR count). The van der Waals surface area contributed by atoms with Gasteiger partial charge in [0, 0.05) is 24.8 Å². The number of benzene rings is 1. The summed E-state index contributed by atoms with van der Waals surface area (Å²) in [5.41, 5.74) is 8.05. The van der Waals surface area contributed by atoms with Gasteiger partial charge in [0.1, 0.15) is 0 Å². The van der Waals surface area contributed by atoms with Crippen LogP contribution >= 0.6 is 0 Å². The van der Waals surface area contributed by atoms with E-state index in [9.17, 15) is 0 Å². The first kappa shape index (κ1) is 12.4. The average Bonchev–Trinajstić information content (AvgIpc) is 2.41. The summed E-state index contributed by atoms with van der Waals surface area (Å²) in [6.45, 7) is 6.97. The molecular formula is C15H24N2. The van der Waals surface area contributed by atoms with E-state index in [0.717, 1.165) is 18.2 Å². The number of nitrogens with two attached hydrogens (primary N) is 1. The van der Waals surface area contributed by atoms with Crippen LogP contribution in [0.5, 0.6) is 0 Å². The first-order chi connectivity index (χ1) is 8.15. The Morgan fingerprint density at radius 2 is 2.12 bits per heavy atom. The largest absolute Gasteiger partial charge is 0.399 e. The van der Waals surface area contributed by atoms with Crippen molar-refractivity contribution in [2.24, 2.45) is 5.92 Å². The lowest BCUT2D eigenvalue weighted by Gasteiger charge is -2.28. The molecule has 1 fully saturated rings. The maximum atomic E-state index is 5.84. The predicted molar refractivity (Wildman–Crippen MR) is 73.7 cm³/mol. The van der Waals surface area contributed by atoms with Gasteiger partial charge in [0.2, 0.25) is 0 Å². The highest BCUT2D eigenvalue weighted by Crippen LogP contribution is 2.22. The molecule has 2 unspecified atom stereocenters. The van der Waals surface area contributed by atoms with Crippen LogP contribution in [0.2, 0.25) is 0 Å². The van der Waals surface area contributed by atoms with Gasteiger partial charge >= 0.3 is 0 Å². The van der Waals surface area contributed by atoms with E-state index in [1.807, 2.05) is 6.07 Å². The monoisotopic (exact) mass is 232 g/mol. The molecule has 2 atom stereocenters. The predicted octanol–water partition coefficient (Wildman–Crippen LogP) is 3.28. The fraction of sp³-hybridized carbons (Fsp3) is 0.600. The van der Waals surface area contributed by atoms with Crippen molar-refractivity contribution < 1.29 is 0 Å². The van der Waals surface area contributed by atoms with Crippen LogP contribution in [0.4, 0.5) is 5.69 Å². The molecule has 1 aliphatic heterocycles. The Balaban J connectivity index is 2.05. The number of nitrogen functional groups attached to an aromatic ring is 1. The molecule has 1 heterocycles. The highest BCUT2D eigenvalue weighted by Gasteiger charge is 2.20. The fourth-order valence-corrected chi connectivity index (χ4v) is 2.76. The topological polar surface area (TPSA) is 29.3 Å². The summed E-state index contributed by atoms with van der Waals surface area (Å²) < 4.78 is 0. The number of likely N-dealkylation sites (tertiary alicyclic amines) is 1. The molecule has 1 aliphatic rings. The average molecular weight is 232 g/mol. The lowest BCUT2D eigenvalue weighted by atomic mass is 10.1. The molecule has 94 valence electrons. The first-order valence-electron chi connectivity index (χ1n) is 6.73. The van der Waals surface area contributed by atoms with Crippen LogP contribution in [0.1, 0.15) is 38.7 Å². The van der Waals surface area contributed by atoms with E-state index in [4.69, 9.17) is 5.73 Å². The van der Waals surface area contributed by atoms with E-state index in [1.165, 1.54) is 31.4 Å². The van der Waals surface area contributed by atoms with E-state index in [2.05, 4.69) is 36.9 Å². The summed E-state index contributed by atoms with van der Waals surface area (Å²) in [5, 5.41) is 0. The minimum atomic E-state index is 0.696. The summed E-state index contributed by atoms with van der Waals surface area (Å²) in [6.07, 6.45) is 4.07. The molecule has 1 saturated heterocycles. The number of hydrogen-bond donors (Lipinski definition) is 1. The third-order valence-electron chi connectivity index (χ3n) is 3.83. The number of anilines is 1. The highest BCUT2D eigenvalue weighted by molar-refractivity contribution is 5.40. The zero-order chi connectivity index (χ0) is 12.3. The number of hydrogen-bond acceptors (Lipinski definition) is 2. The van der Waals surface area contributed by atoms with Gasteiger partial charge in [-0.05, 0) is 43.4 Å². The number of nitrogens with zero attached hydrogens (tertiary/aromatic N) is 1. The lowest BCUT2D eigenvalue weighted by molar-refractivity contribution is 0.186. The van der Waals surface area contributed by atoms with Crippen LogP contribution < -0.4 is 5.73 Å². The van der Waals surface area contributed by atoms with E-state index in [-0.39, 0.29) is 0 Å². The second-order valence-corrected chi connectivity index (χ2v) is 5.56. The van der Waals surface area contributed by atoms with Crippen LogP contribution in [-0.2, 0) is 6.54 Å². The molecule has 2 heteroatoms. The van der Waals surface area contributed by atoms with E-state index >= 15 is 0 Å². The van der Waals surface area contributed by atoms with Crippen molar-refractivity contribution in [3.05, 3.63) is 29.8 Å². The molecule has 2 N–H and O–H groups in total. The van der Waals surface area contributed by atoms with Gasteiger partial charge in [-0.2, -0.15) is 0 Å². The van der Waals surface area contributed by atoms with E-state index in [1.54, 1.807) is 0 Å². The molecule has 17 heavy (non-hydrogen) atoms. The maximum absolute atomic E-state index is 5.84. The third-order valence-corrected chi connectivity index (χ3v) is 3.83. The van der Waals surface area contributed by atoms with Crippen LogP contribution in [-0.4, -0.2) is 17.5 Å². The van der Waals surface area contributed by atoms with Crippen molar-refractivity contribution in [3.63, 3.8) is 0 Å². The normalized spacial score (nSPS) is 26.7. The summed E-state index contributed by atoms with van der Waals surface area (Å²) in [7, 11) is 0. The van der Waals surface area contributed by atoms with Crippen molar-refractivity contribution in [2.75, 3.05) is 12.3 Å². The zero-order valence-corrected chi connectivity index (χ0v) is 11.0. The molecule has 0 bridgehead atoms. The Morgan fingerprint density at radius 1 is 1.29 bits per heavy atom. The minimum Gasteiger partial charge on any atom is -0.399 e. The summed E-state index contributed by atoms with van der Waals surface area (Å²) in [5.74, 6) is 0.820. The molecule has 1 aromatic rings. The Kier molecular flexibility index (Phi) is 4.06. The molecular weight excluding hydrogens is 208 g/mol. The lowest BCUT2D eigenvalue weighted by Crippen LogP contribution is -2.33. The summed E-state index contributed by atoms with van der Waals surface area (Å²) >= 11 is 0. The standard InChI is InChI=1S/C15H24N2/c1-12-5-3-6-13(2)17(10-12)11-14-7-4-8-15(16)9-14/h4,7-9,12-13H,3,5-6,10-11,16H2,1-2H3. The smallest absolute Gasteiger partial charge is 0.0317 e. The Morgan fingerprint density at radius 3 is 2.88 bits per heavy atom. The van der Waals surface area contributed by atoms with Gasteiger partial charge in [0.05, 0.1) is 0 Å². The van der Waals surface area contributed by atoms with Crippen LogP contribution in [0, 0.1) is 5.92 Å². The molecule has 0 spiro atoms. The second-order valence-electron chi connectivity index (χ2n) is 5.56. The fourth-order valence-electron chi connectivity index (χ4n) is 2.76. The van der Waals surface area contributed by atoms with Gasteiger partial charge in [-0.25, -0.2) is 0 Å². The highest BCUT2D eigenvalue weighted by atomic mass is 15.2. The van der Waals surface area contributed by atoms with Gasteiger partial charge in [-0.15, -0.1) is 0 Å². The zero-order valence-electron chi connectivity index (χ0n) is 11.0. The third kappa shape index (κ3) is 3.47. The summed E-state index contributed by atoms with van der Waals surface area (Å²) in [4.78, 5) is 2.60. The van der Waals surface area contributed by atoms with E-state index < -0.39 is 0 Å². The quantitative estimate of drug-likeness (QED) is 0.793. The molecule has 0 saturated carbocycles. The van der Waals surface area contributed by atoms with Gasteiger partial charge < -0.3 is 5.73 Å². The molecule has 0 amide bonds. The minimum absolute atomic E-state index is 0.696. The van der Waals surface area contributed by atoms with Crippen LogP contribution in [0.3, 0.4) is 0 Å². The first-order valence-corrected chi connectivity index (χ1v) is 6.73. The van der Waals surface area contributed by atoms with E-state index in [0.29, 0.717) is 6.04 Å². The second kappa shape index (κ2) is 5.54. The van der Waals surface area contributed by atoms with Crippen molar-refractivity contribution in [3.8, 4) is 0 Å². The van der Waals surface area contributed by atoms with Crippen LogP contribution in [0.15, 0.2) is 24.3 Å². The molecule has 0 radical (unpaired) electrons. The van der Waals surface area contributed by atoms with Crippen molar-refractivity contribution >= 4 is 5.69 Å². The van der Waals surface area contributed by atoms with Gasteiger partial charge in [0.15, 0.2) is 0 Å². The van der Waals surface area contributed by atoms with Gasteiger partial charge in [0.25, 0.3) is 0 Å². The molecule has 1 aromatic carbocycles. The van der Waals surface area contributed by atoms with Crippen molar-refractivity contribution in [1.29, 1.82) is 0 Å². The Hall–Kier alpha value is -1.02. The molecule has 0 aromatic heterocycles. The van der Waals surface area contributed by atoms with Crippen LogP contribution in [0.25, 0.3) is 0 Å². The summed E-state index contributed by atoms with van der Waals surface area (Å²) in [6, 6.07) is 8.98. The molecule has 2 nitrogen and oxygen atoms in total. The SMILES string of the molecule is CC1CCCC(C)N(Cc2cccc(N)c2)C1. The van der Waals surface area contributed by atoms with Crippen molar-refractivity contribution in [2.45, 2.75) is 45.7 Å². The Labute approximate surface area is 105 Å². The Bertz CT molecular complexity index is 362.